The van der Waals surface area contributed by atoms with Gasteiger partial charge in [0.2, 0.25) is 0 Å². The van der Waals surface area contributed by atoms with Gasteiger partial charge < -0.3 is 20.1 Å². The van der Waals surface area contributed by atoms with Gasteiger partial charge in [-0.15, -0.1) is 12.4 Å². The number of carbonyl (C=O) groups excluding carboxylic acids is 1. The summed E-state index contributed by atoms with van der Waals surface area (Å²) in [5.74, 6) is 0.707. The van der Waals surface area contributed by atoms with Gasteiger partial charge >= 0.3 is 0 Å². The van der Waals surface area contributed by atoms with Crippen LogP contribution in [0.5, 0.6) is 11.5 Å². The first kappa shape index (κ1) is 21.8. The maximum Gasteiger partial charge on any atom is 0.262 e. The normalized spacial score (nSPS) is 12.6. The molecule has 1 aliphatic rings. The fraction of sp³-hybridized carbons (Fsp3) is 0.278. The van der Waals surface area contributed by atoms with Crippen molar-refractivity contribution >= 4 is 34.0 Å². The number of hydrogen-bond donors (Lipinski definition) is 3. The summed E-state index contributed by atoms with van der Waals surface area (Å²) in [7, 11) is -1.99. The Labute approximate surface area is 170 Å². The van der Waals surface area contributed by atoms with Crippen LogP contribution in [0.25, 0.3) is 0 Å². The lowest BCUT2D eigenvalue weighted by atomic mass is 10.2. The van der Waals surface area contributed by atoms with E-state index in [1.165, 1.54) is 12.1 Å². The SMILES string of the molecule is CNCCNC(=O)c1ccc(NS(=O)(=O)c2ccc3c(c2)OCCO3)cc1.Cl. The molecule has 1 heterocycles. The van der Waals surface area contributed by atoms with E-state index < -0.39 is 10.0 Å². The van der Waals surface area contributed by atoms with Crippen molar-refractivity contribution in [2.75, 3.05) is 38.1 Å². The zero-order valence-electron chi connectivity index (χ0n) is 15.2. The van der Waals surface area contributed by atoms with Gasteiger partial charge in [0, 0.05) is 30.4 Å². The summed E-state index contributed by atoms with van der Waals surface area (Å²) < 4.78 is 38.5. The second-order valence-corrected chi connectivity index (χ2v) is 7.53. The van der Waals surface area contributed by atoms with Crippen molar-refractivity contribution in [3.8, 4) is 11.5 Å². The molecule has 0 saturated heterocycles. The maximum absolute atomic E-state index is 12.6. The smallest absolute Gasteiger partial charge is 0.262 e. The molecule has 152 valence electrons. The topological polar surface area (TPSA) is 106 Å². The highest BCUT2D eigenvalue weighted by Crippen LogP contribution is 2.32. The lowest BCUT2D eigenvalue weighted by Crippen LogP contribution is -2.30. The standard InChI is InChI=1S/C18H21N3O5S.ClH/c1-19-8-9-20-18(22)13-2-4-14(5-3-13)21-27(23,24)15-6-7-16-17(12-15)26-11-10-25-16;/h2-7,12,19,21H,8-11H2,1H3,(H,20,22);1H. The molecule has 2 aromatic carbocycles. The highest BCUT2D eigenvalue weighted by molar-refractivity contribution is 7.92. The molecule has 1 amide bonds. The van der Waals surface area contributed by atoms with Gasteiger partial charge in [-0.2, -0.15) is 0 Å². The molecule has 0 bridgehead atoms. The molecule has 0 radical (unpaired) electrons. The van der Waals surface area contributed by atoms with E-state index in [4.69, 9.17) is 9.47 Å². The minimum Gasteiger partial charge on any atom is -0.486 e. The molecule has 3 rings (SSSR count). The summed E-state index contributed by atoms with van der Waals surface area (Å²) in [5.41, 5.74) is 0.810. The summed E-state index contributed by atoms with van der Waals surface area (Å²) in [6.07, 6.45) is 0. The van der Waals surface area contributed by atoms with Crippen molar-refractivity contribution in [1.29, 1.82) is 0 Å². The number of hydrogen-bond acceptors (Lipinski definition) is 6. The van der Waals surface area contributed by atoms with Crippen LogP contribution in [0.2, 0.25) is 0 Å². The first-order valence-corrected chi connectivity index (χ1v) is 9.93. The molecule has 0 fully saturated rings. The zero-order valence-corrected chi connectivity index (χ0v) is 16.9. The van der Waals surface area contributed by atoms with E-state index >= 15 is 0 Å². The van der Waals surface area contributed by atoms with Crippen molar-refractivity contribution in [3.05, 3.63) is 48.0 Å². The molecular formula is C18H22ClN3O5S. The van der Waals surface area contributed by atoms with E-state index in [-0.39, 0.29) is 23.2 Å². The minimum absolute atomic E-state index is 0. The quantitative estimate of drug-likeness (QED) is 0.580. The maximum atomic E-state index is 12.6. The second-order valence-electron chi connectivity index (χ2n) is 5.85. The van der Waals surface area contributed by atoms with Gasteiger partial charge in [-0.3, -0.25) is 9.52 Å². The first-order chi connectivity index (χ1) is 13.0. The number of fused-ring (bicyclic) bond motifs is 1. The number of benzene rings is 2. The van der Waals surface area contributed by atoms with E-state index in [1.807, 2.05) is 0 Å². The van der Waals surface area contributed by atoms with Crippen LogP contribution >= 0.6 is 12.4 Å². The molecule has 0 aliphatic carbocycles. The van der Waals surface area contributed by atoms with Crippen LogP contribution in [0, 0.1) is 0 Å². The first-order valence-electron chi connectivity index (χ1n) is 8.45. The van der Waals surface area contributed by atoms with E-state index in [1.54, 1.807) is 37.4 Å². The molecule has 0 atom stereocenters. The van der Waals surface area contributed by atoms with E-state index in [9.17, 15) is 13.2 Å². The number of anilines is 1. The van der Waals surface area contributed by atoms with Crippen molar-refractivity contribution in [2.24, 2.45) is 0 Å². The third-order valence-corrected chi connectivity index (χ3v) is 5.26. The highest BCUT2D eigenvalue weighted by Gasteiger charge is 2.19. The molecule has 3 N–H and O–H groups in total. The van der Waals surface area contributed by atoms with Gasteiger partial charge in [0.25, 0.3) is 15.9 Å². The predicted octanol–water partition coefficient (Wildman–Crippen LogP) is 1.63. The largest absolute Gasteiger partial charge is 0.486 e. The summed E-state index contributed by atoms with van der Waals surface area (Å²) in [4.78, 5) is 12.0. The van der Waals surface area contributed by atoms with Gasteiger partial charge in [0.05, 0.1) is 4.90 Å². The Hall–Kier alpha value is -2.49. The summed E-state index contributed by atoms with van der Waals surface area (Å²) in [6, 6.07) is 10.7. The Kier molecular flexibility index (Phi) is 7.50. The van der Waals surface area contributed by atoms with Crippen LogP contribution < -0.4 is 24.8 Å². The van der Waals surface area contributed by atoms with Gasteiger partial charge in [0.15, 0.2) is 11.5 Å². The predicted molar refractivity (Wildman–Crippen MR) is 108 cm³/mol. The third kappa shape index (κ3) is 5.28. The van der Waals surface area contributed by atoms with Gasteiger partial charge in [-0.05, 0) is 43.4 Å². The summed E-state index contributed by atoms with van der Waals surface area (Å²) in [5, 5.41) is 5.69. The monoisotopic (exact) mass is 427 g/mol. The zero-order chi connectivity index (χ0) is 19.3. The van der Waals surface area contributed by atoms with Crippen LogP contribution in [0.4, 0.5) is 5.69 Å². The lowest BCUT2D eigenvalue weighted by molar-refractivity contribution is 0.0954. The Morgan fingerprint density at radius 1 is 1.00 bits per heavy atom. The number of carbonyl (C=O) groups is 1. The fourth-order valence-electron chi connectivity index (χ4n) is 2.50. The van der Waals surface area contributed by atoms with Crippen LogP contribution in [0.3, 0.4) is 0 Å². The number of halogens is 1. The molecule has 0 spiro atoms. The molecule has 2 aromatic rings. The van der Waals surface area contributed by atoms with Gasteiger partial charge in [-0.1, -0.05) is 0 Å². The third-order valence-electron chi connectivity index (χ3n) is 3.88. The van der Waals surface area contributed by atoms with Crippen molar-refractivity contribution in [3.63, 3.8) is 0 Å². The molecule has 28 heavy (non-hydrogen) atoms. The second kappa shape index (κ2) is 9.63. The van der Waals surface area contributed by atoms with Crippen molar-refractivity contribution in [2.45, 2.75) is 4.90 Å². The molecule has 1 aliphatic heterocycles. The number of ether oxygens (including phenoxy) is 2. The Bertz CT molecular complexity index is 919. The molecule has 8 nitrogen and oxygen atoms in total. The number of amides is 1. The fourth-order valence-corrected chi connectivity index (χ4v) is 3.57. The van der Waals surface area contributed by atoms with E-state index in [2.05, 4.69) is 15.4 Å². The van der Waals surface area contributed by atoms with E-state index in [0.29, 0.717) is 49.1 Å². The van der Waals surface area contributed by atoms with Crippen LogP contribution in [-0.4, -0.2) is 47.7 Å². The number of rotatable bonds is 7. The molecule has 10 heteroatoms. The van der Waals surface area contributed by atoms with Crippen molar-refractivity contribution in [1.82, 2.24) is 10.6 Å². The van der Waals surface area contributed by atoms with Crippen LogP contribution in [0.15, 0.2) is 47.4 Å². The average Bonchev–Trinajstić information content (AvgIpc) is 2.68. The Balaban J connectivity index is 0.00000280. The Morgan fingerprint density at radius 2 is 1.68 bits per heavy atom. The summed E-state index contributed by atoms with van der Waals surface area (Å²) in [6.45, 7) is 1.99. The minimum atomic E-state index is -3.79. The highest BCUT2D eigenvalue weighted by atomic mass is 35.5. The van der Waals surface area contributed by atoms with Crippen LogP contribution in [-0.2, 0) is 10.0 Å². The summed E-state index contributed by atoms with van der Waals surface area (Å²) >= 11 is 0. The van der Waals surface area contributed by atoms with E-state index in [0.717, 1.165) is 0 Å². The number of nitrogens with one attached hydrogen (secondary N) is 3. The Morgan fingerprint density at radius 3 is 2.36 bits per heavy atom. The molecule has 0 aromatic heterocycles. The lowest BCUT2D eigenvalue weighted by Gasteiger charge is -2.19. The molecule has 0 saturated carbocycles. The average molecular weight is 428 g/mol. The number of sulfonamides is 1. The van der Waals surface area contributed by atoms with Crippen LogP contribution in [0.1, 0.15) is 10.4 Å². The molecular weight excluding hydrogens is 406 g/mol. The number of likely N-dealkylation sites (N-methyl/N-ethyl adjacent to an activating group) is 1. The van der Waals surface area contributed by atoms with Gasteiger partial charge in [0.1, 0.15) is 13.2 Å². The van der Waals surface area contributed by atoms with Crippen molar-refractivity contribution < 1.29 is 22.7 Å². The van der Waals surface area contributed by atoms with Gasteiger partial charge in [-0.25, -0.2) is 8.42 Å². The molecule has 0 unspecified atom stereocenters.